The zero-order chi connectivity index (χ0) is 12.8. The molecule has 0 bridgehead atoms. The molecule has 0 aliphatic heterocycles. The Morgan fingerprint density at radius 1 is 1.22 bits per heavy atom. The number of hydrogen-bond donors (Lipinski definition) is 1. The van der Waals surface area contributed by atoms with E-state index in [2.05, 4.69) is 29.1 Å². The van der Waals surface area contributed by atoms with E-state index in [0.29, 0.717) is 0 Å². The van der Waals surface area contributed by atoms with E-state index in [4.69, 9.17) is 4.42 Å². The van der Waals surface area contributed by atoms with Crippen molar-refractivity contribution in [2.45, 2.75) is 33.1 Å². The predicted molar refractivity (Wildman–Crippen MR) is 72.5 cm³/mol. The highest BCUT2D eigenvalue weighted by Crippen LogP contribution is 2.20. The molecule has 96 valence electrons. The third-order valence-corrected chi connectivity index (χ3v) is 2.58. The van der Waals surface area contributed by atoms with Crippen LogP contribution in [0.4, 0.5) is 5.82 Å². The highest BCUT2D eigenvalue weighted by molar-refractivity contribution is 5.57. The lowest BCUT2D eigenvalue weighted by Crippen LogP contribution is -2.06. The summed E-state index contributed by atoms with van der Waals surface area (Å²) in [6.45, 7) is 5.18. The fourth-order valence-electron chi connectivity index (χ4n) is 1.73. The number of nitrogens with zero attached hydrogens (tertiary/aromatic N) is 2. The standard InChI is InChI=1S/C14H19N3O/c1-3-6-13-16-11(12-7-5-9-18-12)10-14(17-13)15-8-4-2/h5,7,9-10H,3-4,6,8H2,1-2H3,(H,15,16,17). The van der Waals surface area contributed by atoms with E-state index in [0.717, 1.165) is 48.9 Å². The van der Waals surface area contributed by atoms with Gasteiger partial charge in [-0.15, -0.1) is 0 Å². The van der Waals surface area contributed by atoms with Crippen LogP contribution in [-0.4, -0.2) is 16.5 Å². The van der Waals surface area contributed by atoms with Crippen LogP contribution in [0.3, 0.4) is 0 Å². The Labute approximate surface area is 107 Å². The minimum Gasteiger partial charge on any atom is -0.463 e. The fourth-order valence-corrected chi connectivity index (χ4v) is 1.73. The van der Waals surface area contributed by atoms with E-state index in [-0.39, 0.29) is 0 Å². The van der Waals surface area contributed by atoms with Crippen molar-refractivity contribution in [1.82, 2.24) is 9.97 Å². The van der Waals surface area contributed by atoms with Gasteiger partial charge in [-0.1, -0.05) is 13.8 Å². The van der Waals surface area contributed by atoms with Crippen LogP contribution >= 0.6 is 0 Å². The van der Waals surface area contributed by atoms with Crippen LogP contribution in [0.5, 0.6) is 0 Å². The zero-order valence-electron chi connectivity index (χ0n) is 10.9. The van der Waals surface area contributed by atoms with Gasteiger partial charge >= 0.3 is 0 Å². The number of rotatable bonds is 6. The number of aromatic nitrogens is 2. The number of aryl methyl sites for hydroxylation is 1. The van der Waals surface area contributed by atoms with Gasteiger partial charge in [0.15, 0.2) is 5.76 Å². The van der Waals surface area contributed by atoms with Gasteiger partial charge in [-0.3, -0.25) is 0 Å². The molecule has 0 aromatic carbocycles. The maximum Gasteiger partial charge on any atom is 0.152 e. The summed E-state index contributed by atoms with van der Waals surface area (Å²) in [6.07, 6.45) is 4.66. The highest BCUT2D eigenvalue weighted by Gasteiger charge is 2.08. The number of anilines is 1. The molecule has 18 heavy (non-hydrogen) atoms. The van der Waals surface area contributed by atoms with Crippen molar-refractivity contribution in [3.05, 3.63) is 30.3 Å². The first-order valence-corrected chi connectivity index (χ1v) is 6.49. The SMILES string of the molecule is CCCNc1cc(-c2ccco2)nc(CCC)n1. The fraction of sp³-hybridized carbons (Fsp3) is 0.429. The average Bonchev–Trinajstić information content (AvgIpc) is 2.90. The minimum atomic E-state index is 0.786. The molecule has 1 N–H and O–H groups in total. The molecule has 0 fully saturated rings. The predicted octanol–water partition coefficient (Wildman–Crippen LogP) is 3.51. The van der Waals surface area contributed by atoms with E-state index in [1.54, 1.807) is 6.26 Å². The Kier molecular flexibility index (Phi) is 4.34. The van der Waals surface area contributed by atoms with Crippen molar-refractivity contribution in [3.63, 3.8) is 0 Å². The average molecular weight is 245 g/mol. The second kappa shape index (κ2) is 6.19. The first kappa shape index (κ1) is 12.6. The van der Waals surface area contributed by atoms with Gasteiger partial charge in [-0.05, 0) is 25.0 Å². The normalized spacial score (nSPS) is 10.6. The molecule has 0 saturated heterocycles. The summed E-state index contributed by atoms with van der Waals surface area (Å²) in [5.74, 6) is 2.53. The highest BCUT2D eigenvalue weighted by atomic mass is 16.3. The number of hydrogen-bond acceptors (Lipinski definition) is 4. The molecule has 0 aliphatic rings. The van der Waals surface area contributed by atoms with Gasteiger partial charge in [0.2, 0.25) is 0 Å². The molecule has 0 amide bonds. The van der Waals surface area contributed by atoms with Crippen LogP contribution in [0.15, 0.2) is 28.9 Å². The molecule has 2 aromatic rings. The molecule has 0 atom stereocenters. The minimum absolute atomic E-state index is 0.786. The molecule has 4 heteroatoms. The lowest BCUT2D eigenvalue weighted by Gasteiger charge is -2.07. The monoisotopic (exact) mass is 245 g/mol. The van der Waals surface area contributed by atoms with Gasteiger partial charge in [-0.25, -0.2) is 9.97 Å². The summed E-state index contributed by atoms with van der Waals surface area (Å²) >= 11 is 0. The maximum atomic E-state index is 5.39. The van der Waals surface area contributed by atoms with Crippen LogP contribution in [-0.2, 0) is 6.42 Å². The van der Waals surface area contributed by atoms with Gasteiger partial charge in [0.05, 0.1) is 6.26 Å². The Morgan fingerprint density at radius 3 is 2.78 bits per heavy atom. The zero-order valence-corrected chi connectivity index (χ0v) is 10.9. The summed E-state index contributed by atoms with van der Waals surface area (Å²) in [5.41, 5.74) is 0.844. The third kappa shape index (κ3) is 3.09. The quantitative estimate of drug-likeness (QED) is 0.846. The van der Waals surface area contributed by atoms with E-state index in [1.807, 2.05) is 18.2 Å². The van der Waals surface area contributed by atoms with Crippen LogP contribution in [0, 0.1) is 0 Å². The first-order valence-electron chi connectivity index (χ1n) is 6.49. The molecule has 0 saturated carbocycles. The molecule has 2 rings (SSSR count). The Morgan fingerprint density at radius 2 is 2.11 bits per heavy atom. The van der Waals surface area contributed by atoms with Crippen molar-refractivity contribution in [3.8, 4) is 11.5 Å². The van der Waals surface area contributed by atoms with E-state index < -0.39 is 0 Å². The van der Waals surface area contributed by atoms with Crippen LogP contribution in [0.2, 0.25) is 0 Å². The summed E-state index contributed by atoms with van der Waals surface area (Å²) in [7, 11) is 0. The number of furan rings is 1. The van der Waals surface area contributed by atoms with E-state index >= 15 is 0 Å². The number of nitrogens with one attached hydrogen (secondary N) is 1. The molecule has 4 nitrogen and oxygen atoms in total. The van der Waals surface area contributed by atoms with Crippen molar-refractivity contribution < 1.29 is 4.42 Å². The lowest BCUT2D eigenvalue weighted by molar-refractivity contribution is 0.579. The molecule has 0 radical (unpaired) electrons. The van der Waals surface area contributed by atoms with Crippen LogP contribution in [0.25, 0.3) is 11.5 Å². The maximum absolute atomic E-state index is 5.39. The van der Waals surface area contributed by atoms with Crippen molar-refractivity contribution in [2.24, 2.45) is 0 Å². The van der Waals surface area contributed by atoms with Gasteiger partial charge in [0, 0.05) is 19.0 Å². The smallest absolute Gasteiger partial charge is 0.152 e. The Hall–Kier alpha value is -1.84. The van der Waals surface area contributed by atoms with Gasteiger partial charge in [0.1, 0.15) is 17.3 Å². The van der Waals surface area contributed by atoms with E-state index in [9.17, 15) is 0 Å². The van der Waals surface area contributed by atoms with Crippen LogP contribution in [0.1, 0.15) is 32.5 Å². The summed E-state index contributed by atoms with van der Waals surface area (Å²) in [6, 6.07) is 5.73. The van der Waals surface area contributed by atoms with Gasteiger partial charge < -0.3 is 9.73 Å². The second-order valence-electron chi connectivity index (χ2n) is 4.21. The summed E-state index contributed by atoms with van der Waals surface area (Å²) in [5, 5.41) is 3.30. The molecule has 0 spiro atoms. The molecular formula is C14H19N3O. The Balaban J connectivity index is 2.30. The first-order chi connectivity index (χ1) is 8.83. The topological polar surface area (TPSA) is 51.0 Å². The molecule has 2 aromatic heterocycles. The van der Waals surface area contributed by atoms with Crippen molar-refractivity contribution in [2.75, 3.05) is 11.9 Å². The second-order valence-corrected chi connectivity index (χ2v) is 4.21. The third-order valence-electron chi connectivity index (χ3n) is 2.58. The summed E-state index contributed by atoms with van der Waals surface area (Å²) < 4.78 is 5.39. The van der Waals surface area contributed by atoms with E-state index in [1.165, 1.54) is 0 Å². The summed E-state index contributed by atoms with van der Waals surface area (Å²) in [4.78, 5) is 9.04. The van der Waals surface area contributed by atoms with Crippen molar-refractivity contribution >= 4 is 5.82 Å². The molecular weight excluding hydrogens is 226 g/mol. The Bertz CT molecular complexity index is 480. The van der Waals surface area contributed by atoms with Crippen molar-refractivity contribution in [1.29, 1.82) is 0 Å². The largest absolute Gasteiger partial charge is 0.463 e. The molecule has 2 heterocycles. The molecule has 0 aliphatic carbocycles. The van der Waals surface area contributed by atoms with Gasteiger partial charge in [-0.2, -0.15) is 0 Å². The molecule has 0 unspecified atom stereocenters. The van der Waals surface area contributed by atoms with Crippen LogP contribution < -0.4 is 5.32 Å². The lowest BCUT2D eigenvalue weighted by atomic mass is 10.2. The van der Waals surface area contributed by atoms with Gasteiger partial charge in [0.25, 0.3) is 0 Å².